The molecule has 0 fully saturated rings. The first kappa shape index (κ1) is 22.3. The van der Waals surface area contributed by atoms with E-state index >= 15 is 0 Å². The predicted molar refractivity (Wildman–Crippen MR) is 121 cm³/mol. The molecule has 5 nitrogen and oxygen atoms in total. The van der Waals surface area contributed by atoms with E-state index in [0.29, 0.717) is 35.8 Å². The molecule has 0 aliphatic heterocycles. The third kappa shape index (κ3) is 4.09. The van der Waals surface area contributed by atoms with E-state index in [4.69, 9.17) is 20.9 Å². The summed E-state index contributed by atoms with van der Waals surface area (Å²) >= 11 is 0. The normalized spacial score (nSPS) is 13.2. The van der Waals surface area contributed by atoms with Crippen molar-refractivity contribution in [2.24, 2.45) is 11.5 Å². The molecule has 3 rings (SSSR count). The molecule has 0 unspecified atom stereocenters. The maximum Gasteiger partial charge on any atom is 0.198 e. The molecule has 0 saturated carbocycles. The van der Waals surface area contributed by atoms with Crippen LogP contribution in [0.5, 0.6) is 11.5 Å². The molecule has 0 atom stereocenters. The summed E-state index contributed by atoms with van der Waals surface area (Å²) in [5.74, 6) is 0.975. The Morgan fingerprint density at radius 3 is 1.83 bits per heavy atom. The third-order valence-corrected chi connectivity index (χ3v) is 6.65. The third-order valence-electron chi connectivity index (χ3n) is 6.65. The van der Waals surface area contributed by atoms with Crippen molar-refractivity contribution in [2.75, 3.05) is 13.2 Å². The van der Waals surface area contributed by atoms with Gasteiger partial charge in [-0.05, 0) is 48.9 Å². The Bertz CT molecular complexity index is 915. The largest absolute Gasteiger partial charge is 0.488 e. The number of rotatable bonds is 10. The zero-order valence-corrected chi connectivity index (χ0v) is 18.6. The minimum absolute atomic E-state index is 0.0401. The van der Waals surface area contributed by atoms with E-state index < -0.39 is 11.1 Å². The standard InChI is InChI=1S/C25H34N2O3/c1-5-24(26,6-2)15-29-20-14-13-18-17-11-9-10-12-19(17)22(28)21(18)23(20)30-16-25(27,7-3)8-4/h9-14H,5-8,15-16,26-27H2,1-4H3. The molecule has 0 saturated heterocycles. The first-order valence-electron chi connectivity index (χ1n) is 11.0. The van der Waals surface area contributed by atoms with Crippen LogP contribution in [-0.4, -0.2) is 30.1 Å². The number of carbonyl (C=O) groups is 1. The van der Waals surface area contributed by atoms with Crippen molar-refractivity contribution in [3.8, 4) is 22.6 Å². The SMILES string of the molecule is CCC(N)(CC)COc1ccc2c(c1OCC(N)(CC)CC)C(=O)c1ccccc1-2. The van der Waals surface area contributed by atoms with Gasteiger partial charge in [-0.15, -0.1) is 0 Å². The number of ether oxygens (including phenoxy) is 2. The van der Waals surface area contributed by atoms with Crippen LogP contribution in [0.1, 0.15) is 69.3 Å². The van der Waals surface area contributed by atoms with Crippen molar-refractivity contribution in [1.29, 1.82) is 0 Å². The summed E-state index contributed by atoms with van der Waals surface area (Å²) in [4.78, 5) is 13.2. The Hall–Kier alpha value is -2.37. The number of hydrogen-bond acceptors (Lipinski definition) is 5. The summed E-state index contributed by atoms with van der Waals surface area (Å²) in [5, 5.41) is 0. The monoisotopic (exact) mass is 410 g/mol. The molecule has 0 heterocycles. The highest BCUT2D eigenvalue weighted by Crippen LogP contribution is 2.46. The molecule has 1 aliphatic rings. The lowest BCUT2D eigenvalue weighted by Crippen LogP contribution is -2.45. The summed E-state index contributed by atoms with van der Waals surface area (Å²) in [5.41, 5.74) is 15.1. The first-order valence-corrected chi connectivity index (χ1v) is 11.0. The zero-order valence-electron chi connectivity index (χ0n) is 18.6. The van der Waals surface area contributed by atoms with Gasteiger partial charge in [0.25, 0.3) is 0 Å². The lowest BCUT2D eigenvalue weighted by atomic mass is 9.95. The van der Waals surface area contributed by atoms with Gasteiger partial charge in [0.15, 0.2) is 17.3 Å². The van der Waals surface area contributed by atoms with Crippen LogP contribution in [0.25, 0.3) is 11.1 Å². The molecule has 4 N–H and O–H groups in total. The first-order chi connectivity index (χ1) is 14.3. The molecule has 0 bridgehead atoms. The highest BCUT2D eigenvalue weighted by Gasteiger charge is 2.33. The number of carbonyl (C=O) groups excluding carboxylic acids is 1. The van der Waals surface area contributed by atoms with E-state index in [1.165, 1.54) is 0 Å². The van der Waals surface area contributed by atoms with Gasteiger partial charge < -0.3 is 20.9 Å². The Morgan fingerprint density at radius 1 is 0.733 bits per heavy atom. The van der Waals surface area contributed by atoms with E-state index in [2.05, 4.69) is 13.8 Å². The zero-order chi connectivity index (χ0) is 21.9. The Labute approximate surface area is 179 Å². The molecule has 0 spiro atoms. The second-order valence-electron chi connectivity index (χ2n) is 8.41. The van der Waals surface area contributed by atoms with Crippen LogP contribution in [-0.2, 0) is 0 Å². The van der Waals surface area contributed by atoms with Gasteiger partial charge in [0.05, 0.1) is 5.56 Å². The number of benzene rings is 2. The van der Waals surface area contributed by atoms with E-state index in [-0.39, 0.29) is 5.78 Å². The molecular formula is C25H34N2O3. The number of hydrogen-bond donors (Lipinski definition) is 2. The Balaban J connectivity index is 2.02. The fourth-order valence-corrected chi connectivity index (χ4v) is 3.67. The predicted octanol–water partition coefficient (Wildman–Crippen LogP) is 4.69. The summed E-state index contributed by atoms with van der Waals surface area (Å²) in [7, 11) is 0. The van der Waals surface area contributed by atoms with E-state index in [0.717, 1.165) is 36.8 Å². The maximum absolute atomic E-state index is 13.2. The van der Waals surface area contributed by atoms with Crippen molar-refractivity contribution in [3.63, 3.8) is 0 Å². The smallest absolute Gasteiger partial charge is 0.198 e. The van der Waals surface area contributed by atoms with Gasteiger partial charge in [0.1, 0.15) is 13.2 Å². The lowest BCUT2D eigenvalue weighted by Gasteiger charge is -2.29. The van der Waals surface area contributed by atoms with Crippen molar-refractivity contribution < 1.29 is 14.3 Å². The molecule has 1 aliphatic carbocycles. The van der Waals surface area contributed by atoms with Gasteiger partial charge in [-0.3, -0.25) is 4.79 Å². The maximum atomic E-state index is 13.2. The van der Waals surface area contributed by atoms with E-state index in [1.54, 1.807) is 0 Å². The van der Waals surface area contributed by atoms with Crippen LogP contribution >= 0.6 is 0 Å². The molecule has 5 heteroatoms. The molecule has 2 aromatic rings. The van der Waals surface area contributed by atoms with Crippen molar-refractivity contribution in [3.05, 3.63) is 47.5 Å². The highest BCUT2D eigenvalue weighted by molar-refractivity contribution is 6.23. The topological polar surface area (TPSA) is 87.6 Å². The van der Waals surface area contributed by atoms with Crippen LogP contribution in [0.2, 0.25) is 0 Å². The van der Waals surface area contributed by atoms with Crippen LogP contribution in [0.3, 0.4) is 0 Å². The van der Waals surface area contributed by atoms with Crippen molar-refractivity contribution >= 4 is 5.78 Å². The molecule has 0 radical (unpaired) electrons. The average molecular weight is 411 g/mol. The minimum Gasteiger partial charge on any atom is -0.488 e. The molecule has 30 heavy (non-hydrogen) atoms. The van der Waals surface area contributed by atoms with Crippen LogP contribution in [0.15, 0.2) is 36.4 Å². The quantitative estimate of drug-likeness (QED) is 0.506. The number of nitrogens with two attached hydrogens (primary N) is 2. The fraction of sp³-hybridized carbons (Fsp3) is 0.480. The van der Waals surface area contributed by atoms with Crippen LogP contribution < -0.4 is 20.9 Å². The van der Waals surface area contributed by atoms with Gasteiger partial charge in [-0.25, -0.2) is 0 Å². The highest BCUT2D eigenvalue weighted by atomic mass is 16.5. The van der Waals surface area contributed by atoms with Crippen LogP contribution in [0.4, 0.5) is 0 Å². The second-order valence-corrected chi connectivity index (χ2v) is 8.41. The fourth-order valence-electron chi connectivity index (χ4n) is 3.67. The molecular weight excluding hydrogens is 376 g/mol. The molecule has 162 valence electrons. The van der Waals surface area contributed by atoms with Gasteiger partial charge in [0, 0.05) is 16.6 Å². The summed E-state index contributed by atoms with van der Waals surface area (Å²) in [6.45, 7) is 8.87. The average Bonchev–Trinajstić information content (AvgIpc) is 3.08. The van der Waals surface area contributed by atoms with Gasteiger partial charge in [-0.1, -0.05) is 52.0 Å². The Kier molecular flexibility index (Phi) is 6.53. The van der Waals surface area contributed by atoms with E-state index in [9.17, 15) is 4.79 Å². The number of ketones is 1. The summed E-state index contributed by atoms with van der Waals surface area (Å²) in [6, 6.07) is 11.5. The summed E-state index contributed by atoms with van der Waals surface area (Å²) in [6.07, 6.45) is 3.15. The number of fused-ring (bicyclic) bond motifs is 3. The van der Waals surface area contributed by atoms with Gasteiger partial charge in [-0.2, -0.15) is 0 Å². The van der Waals surface area contributed by atoms with Crippen molar-refractivity contribution in [1.82, 2.24) is 0 Å². The van der Waals surface area contributed by atoms with Gasteiger partial charge in [0.2, 0.25) is 0 Å². The van der Waals surface area contributed by atoms with Crippen LogP contribution in [0, 0.1) is 0 Å². The molecule has 2 aromatic carbocycles. The molecule has 0 amide bonds. The Morgan fingerprint density at radius 2 is 1.27 bits per heavy atom. The second kappa shape index (κ2) is 8.78. The molecule has 0 aromatic heterocycles. The van der Waals surface area contributed by atoms with E-state index in [1.807, 2.05) is 50.2 Å². The summed E-state index contributed by atoms with van der Waals surface area (Å²) < 4.78 is 12.4. The van der Waals surface area contributed by atoms with Gasteiger partial charge >= 0.3 is 0 Å². The minimum atomic E-state index is -0.459. The van der Waals surface area contributed by atoms with Crippen molar-refractivity contribution in [2.45, 2.75) is 64.5 Å². The lowest BCUT2D eigenvalue weighted by molar-refractivity contribution is 0.103.